The molecule has 3 rings (SSSR count). The molecule has 1 fully saturated rings. The third kappa shape index (κ3) is 9.14. The fourth-order valence-electron chi connectivity index (χ4n) is 3.45. The Morgan fingerprint density at radius 1 is 1.03 bits per heavy atom. The first-order valence-electron chi connectivity index (χ1n) is 10.9. The Morgan fingerprint density at radius 3 is 2.39 bits per heavy atom. The lowest BCUT2D eigenvalue weighted by Gasteiger charge is -2.26. The molecule has 1 aliphatic heterocycles. The summed E-state index contributed by atoms with van der Waals surface area (Å²) in [6, 6.07) is 18.4. The smallest absolute Gasteiger partial charge is 0.191 e. The summed E-state index contributed by atoms with van der Waals surface area (Å²) >= 11 is 0. The lowest BCUT2D eigenvalue weighted by molar-refractivity contribution is 0.0342. The van der Waals surface area contributed by atoms with Gasteiger partial charge < -0.3 is 20.5 Å². The van der Waals surface area contributed by atoms with Gasteiger partial charge >= 0.3 is 0 Å². The van der Waals surface area contributed by atoms with E-state index in [1.807, 2.05) is 30.3 Å². The van der Waals surface area contributed by atoms with Gasteiger partial charge in [-0.2, -0.15) is 0 Å². The second kappa shape index (κ2) is 14.4. The summed E-state index contributed by atoms with van der Waals surface area (Å²) in [6.45, 7) is 8.76. The molecule has 1 unspecified atom stereocenters. The lowest BCUT2D eigenvalue weighted by Crippen LogP contribution is -2.38. The highest BCUT2D eigenvalue weighted by Gasteiger charge is 2.10. The molecule has 170 valence electrons. The first-order chi connectivity index (χ1) is 14.7. The van der Waals surface area contributed by atoms with E-state index >= 15 is 0 Å². The average molecular weight is 538 g/mol. The van der Waals surface area contributed by atoms with Crippen molar-refractivity contribution >= 4 is 29.9 Å². The van der Waals surface area contributed by atoms with E-state index in [4.69, 9.17) is 4.74 Å². The predicted octanol–water partition coefficient (Wildman–Crippen LogP) is 3.32. The lowest BCUT2D eigenvalue weighted by atomic mass is 10.1. The number of benzene rings is 2. The molecule has 1 atom stereocenters. The monoisotopic (exact) mass is 538 g/mol. The summed E-state index contributed by atoms with van der Waals surface area (Å²) in [5.41, 5.74) is 3.45. The van der Waals surface area contributed by atoms with Crippen molar-refractivity contribution in [1.29, 1.82) is 0 Å². The van der Waals surface area contributed by atoms with E-state index in [0.29, 0.717) is 19.5 Å². The van der Waals surface area contributed by atoms with Crippen molar-refractivity contribution in [3.05, 3.63) is 71.3 Å². The van der Waals surface area contributed by atoms with Crippen LogP contribution in [0.1, 0.15) is 36.1 Å². The van der Waals surface area contributed by atoms with Crippen LogP contribution in [0.25, 0.3) is 0 Å². The minimum absolute atomic E-state index is 0. The Morgan fingerprint density at radius 2 is 1.71 bits per heavy atom. The van der Waals surface area contributed by atoms with Crippen LogP contribution < -0.4 is 10.6 Å². The number of aliphatic hydroxyl groups is 1. The van der Waals surface area contributed by atoms with Crippen molar-refractivity contribution in [2.24, 2.45) is 4.99 Å². The van der Waals surface area contributed by atoms with Gasteiger partial charge in [0.1, 0.15) is 0 Å². The number of hydrogen-bond acceptors (Lipinski definition) is 4. The highest BCUT2D eigenvalue weighted by molar-refractivity contribution is 14.0. The quantitative estimate of drug-likeness (QED) is 0.260. The van der Waals surface area contributed by atoms with Crippen molar-refractivity contribution in [3.8, 4) is 0 Å². The fraction of sp³-hybridized carbons (Fsp3) is 0.458. The van der Waals surface area contributed by atoms with Crippen LogP contribution in [-0.4, -0.2) is 55.4 Å². The molecule has 0 saturated carbocycles. The van der Waals surface area contributed by atoms with Gasteiger partial charge in [-0.3, -0.25) is 4.90 Å². The summed E-state index contributed by atoms with van der Waals surface area (Å²) < 4.78 is 5.41. The molecule has 31 heavy (non-hydrogen) atoms. The van der Waals surface area contributed by atoms with Crippen LogP contribution >= 0.6 is 24.0 Å². The maximum atomic E-state index is 10.3. The van der Waals surface area contributed by atoms with Crippen molar-refractivity contribution < 1.29 is 9.84 Å². The summed E-state index contributed by atoms with van der Waals surface area (Å²) in [5.74, 6) is 0.773. The van der Waals surface area contributed by atoms with Crippen LogP contribution in [-0.2, 0) is 17.8 Å². The summed E-state index contributed by atoms with van der Waals surface area (Å²) in [7, 11) is 0. The van der Waals surface area contributed by atoms with Crippen LogP contribution in [0.3, 0.4) is 0 Å². The van der Waals surface area contributed by atoms with Gasteiger partial charge in [0.2, 0.25) is 0 Å². The van der Waals surface area contributed by atoms with Crippen molar-refractivity contribution in [1.82, 2.24) is 15.5 Å². The van der Waals surface area contributed by atoms with Gasteiger partial charge in [-0.05, 0) is 30.0 Å². The highest BCUT2D eigenvalue weighted by atomic mass is 127. The minimum Gasteiger partial charge on any atom is -0.388 e. The van der Waals surface area contributed by atoms with E-state index in [9.17, 15) is 5.11 Å². The number of aliphatic hydroxyl groups excluding tert-OH is 1. The number of hydrogen-bond donors (Lipinski definition) is 3. The Bertz CT molecular complexity index is 765. The number of nitrogens with one attached hydrogen (secondary N) is 2. The number of rotatable bonds is 9. The molecule has 0 bridgehead atoms. The van der Waals surface area contributed by atoms with E-state index in [-0.39, 0.29) is 24.0 Å². The molecular weight excluding hydrogens is 503 g/mol. The molecule has 2 aromatic rings. The zero-order chi connectivity index (χ0) is 21.0. The van der Waals surface area contributed by atoms with Crippen LogP contribution in [0.2, 0.25) is 0 Å². The largest absolute Gasteiger partial charge is 0.388 e. The minimum atomic E-state index is -0.472. The normalized spacial score (nSPS) is 15.7. The topological polar surface area (TPSA) is 69.1 Å². The molecule has 0 amide bonds. The molecule has 3 N–H and O–H groups in total. The molecule has 0 aliphatic carbocycles. The molecule has 0 spiro atoms. The van der Waals surface area contributed by atoms with Gasteiger partial charge in [0, 0.05) is 32.7 Å². The second-order valence-corrected chi connectivity index (χ2v) is 7.54. The van der Waals surface area contributed by atoms with Crippen molar-refractivity contribution in [3.63, 3.8) is 0 Å². The number of aliphatic imine (C=N–C) groups is 1. The maximum Gasteiger partial charge on any atom is 0.191 e. The zero-order valence-corrected chi connectivity index (χ0v) is 20.6. The molecule has 0 radical (unpaired) electrons. The van der Waals surface area contributed by atoms with E-state index in [2.05, 4.69) is 51.7 Å². The fourth-order valence-corrected chi connectivity index (χ4v) is 3.45. The van der Waals surface area contributed by atoms with Gasteiger partial charge in [0.25, 0.3) is 0 Å². The SMILES string of the molecule is CCNC(=NCc1ccc(CN2CCOCC2)cc1)NCCC(O)c1ccccc1.I. The predicted molar refractivity (Wildman–Crippen MR) is 137 cm³/mol. The summed E-state index contributed by atoms with van der Waals surface area (Å²) in [4.78, 5) is 7.11. The van der Waals surface area contributed by atoms with Crippen molar-refractivity contribution in [2.75, 3.05) is 39.4 Å². The highest BCUT2D eigenvalue weighted by Crippen LogP contribution is 2.15. The van der Waals surface area contributed by atoms with Crippen LogP contribution in [0.5, 0.6) is 0 Å². The maximum absolute atomic E-state index is 10.3. The Labute approximate surface area is 203 Å². The van der Waals surface area contributed by atoms with Gasteiger partial charge in [0.05, 0.1) is 25.9 Å². The molecule has 6 nitrogen and oxygen atoms in total. The zero-order valence-electron chi connectivity index (χ0n) is 18.3. The number of guanidine groups is 1. The van der Waals surface area contributed by atoms with E-state index in [1.165, 1.54) is 11.1 Å². The molecular formula is C24H35IN4O2. The van der Waals surface area contributed by atoms with E-state index in [1.54, 1.807) is 0 Å². The van der Waals surface area contributed by atoms with Gasteiger partial charge in [-0.25, -0.2) is 4.99 Å². The van der Waals surface area contributed by atoms with E-state index in [0.717, 1.165) is 50.9 Å². The number of morpholine rings is 1. The average Bonchev–Trinajstić information content (AvgIpc) is 2.79. The second-order valence-electron chi connectivity index (χ2n) is 7.54. The first kappa shape index (κ1) is 25.6. The van der Waals surface area contributed by atoms with Crippen LogP contribution in [0.4, 0.5) is 0 Å². The number of halogens is 1. The molecule has 1 heterocycles. The Hall–Kier alpha value is -1.68. The summed E-state index contributed by atoms with van der Waals surface area (Å²) in [6.07, 6.45) is 0.158. The van der Waals surface area contributed by atoms with Gasteiger partial charge in [0.15, 0.2) is 5.96 Å². The molecule has 0 aromatic heterocycles. The molecule has 1 aliphatic rings. The van der Waals surface area contributed by atoms with Crippen LogP contribution in [0.15, 0.2) is 59.6 Å². The molecule has 7 heteroatoms. The van der Waals surface area contributed by atoms with Crippen LogP contribution in [0, 0.1) is 0 Å². The van der Waals surface area contributed by atoms with Gasteiger partial charge in [-0.15, -0.1) is 24.0 Å². The molecule has 1 saturated heterocycles. The Kier molecular flexibility index (Phi) is 11.9. The van der Waals surface area contributed by atoms with E-state index < -0.39 is 6.10 Å². The number of nitrogens with zero attached hydrogens (tertiary/aromatic N) is 2. The first-order valence-corrected chi connectivity index (χ1v) is 10.9. The Balaban J connectivity index is 0.00000341. The summed E-state index contributed by atoms with van der Waals surface area (Å²) in [5, 5.41) is 16.9. The number of ether oxygens (including phenoxy) is 1. The van der Waals surface area contributed by atoms with Crippen molar-refractivity contribution in [2.45, 2.75) is 32.5 Å². The third-order valence-corrected chi connectivity index (χ3v) is 5.19. The standard InChI is InChI=1S/C24H34N4O2.HI/c1-2-25-24(26-13-12-23(29)22-6-4-3-5-7-22)27-18-20-8-10-21(11-9-20)19-28-14-16-30-17-15-28;/h3-11,23,29H,2,12-19H2,1H3,(H2,25,26,27);1H. The third-order valence-electron chi connectivity index (χ3n) is 5.19. The molecule has 2 aromatic carbocycles. The van der Waals surface area contributed by atoms with Gasteiger partial charge in [-0.1, -0.05) is 54.6 Å².